The normalized spacial score (nSPS) is 10.8. The molecule has 0 aliphatic carbocycles. The molecule has 128 valence electrons. The standard InChI is InChI=1S/C18H18N4O2S/c1-25-11-16-21-14-4-2-3-5-15(14)22(16)10-17(23)20-13-8-6-12(7-9-13)18(19)24/h2-9H,10-11H2,1H3,(H2,19,24)(H,20,23). The first kappa shape index (κ1) is 17.0. The van der Waals surface area contributed by atoms with Crippen molar-refractivity contribution in [1.82, 2.24) is 9.55 Å². The van der Waals surface area contributed by atoms with Crippen LogP contribution in [0.4, 0.5) is 5.69 Å². The monoisotopic (exact) mass is 354 g/mol. The second kappa shape index (κ2) is 7.40. The Morgan fingerprint density at radius 3 is 2.56 bits per heavy atom. The number of carbonyl (C=O) groups excluding carboxylic acids is 2. The number of hydrogen-bond acceptors (Lipinski definition) is 4. The van der Waals surface area contributed by atoms with Gasteiger partial charge in [-0.25, -0.2) is 4.98 Å². The molecule has 0 atom stereocenters. The number of benzene rings is 2. The SMILES string of the molecule is CSCc1nc2ccccc2n1CC(=O)Nc1ccc(C(N)=O)cc1. The van der Waals surface area contributed by atoms with Gasteiger partial charge in [-0.05, 0) is 42.7 Å². The highest BCUT2D eigenvalue weighted by molar-refractivity contribution is 7.97. The smallest absolute Gasteiger partial charge is 0.248 e. The van der Waals surface area contributed by atoms with Gasteiger partial charge in [0.1, 0.15) is 12.4 Å². The van der Waals surface area contributed by atoms with E-state index in [1.54, 1.807) is 36.0 Å². The van der Waals surface area contributed by atoms with Crippen molar-refractivity contribution in [2.45, 2.75) is 12.3 Å². The number of carbonyl (C=O) groups is 2. The number of imidazole rings is 1. The zero-order valence-electron chi connectivity index (χ0n) is 13.7. The number of amides is 2. The Labute approximate surface area is 149 Å². The van der Waals surface area contributed by atoms with Crippen LogP contribution in [0.25, 0.3) is 11.0 Å². The third kappa shape index (κ3) is 3.83. The van der Waals surface area contributed by atoms with Gasteiger partial charge in [-0.1, -0.05) is 12.1 Å². The molecule has 0 fully saturated rings. The summed E-state index contributed by atoms with van der Waals surface area (Å²) in [5.41, 5.74) is 8.05. The van der Waals surface area contributed by atoms with Crippen LogP contribution in [-0.4, -0.2) is 27.6 Å². The van der Waals surface area contributed by atoms with Crippen LogP contribution in [0, 0.1) is 0 Å². The van der Waals surface area contributed by atoms with E-state index in [0.717, 1.165) is 22.6 Å². The maximum absolute atomic E-state index is 12.4. The average molecular weight is 354 g/mol. The summed E-state index contributed by atoms with van der Waals surface area (Å²) in [6.45, 7) is 0.175. The third-order valence-electron chi connectivity index (χ3n) is 3.76. The quantitative estimate of drug-likeness (QED) is 0.712. The van der Waals surface area contributed by atoms with Gasteiger partial charge in [-0.3, -0.25) is 9.59 Å². The third-order valence-corrected chi connectivity index (χ3v) is 4.31. The van der Waals surface area contributed by atoms with Gasteiger partial charge < -0.3 is 15.6 Å². The van der Waals surface area contributed by atoms with Crippen LogP contribution in [0.5, 0.6) is 0 Å². The minimum atomic E-state index is -0.496. The molecule has 0 radical (unpaired) electrons. The van der Waals surface area contributed by atoms with Crippen molar-refractivity contribution >= 4 is 40.3 Å². The molecule has 0 unspecified atom stereocenters. The number of nitrogens with one attached hydrogen (secondary N) is 1. The van der Waals surface area contributed by atoms with Crippen molar-refractivity contribution in [2.75, 3.05) is 11.6 Å². The number of hydrogen-bond donors (Lipinski definition) is 2. The number of nitrogens with two attached hydrogens (primary N) is 1. The van der Waals surface area contributed by atoms with Crippen LogP contribution in [0.3, 0.4) is 0 Å². The van der Waals surface area contributed by atoms with Crippen LogP contribution in [-0.2, 0) is 17.1 Å². The zero-order valence-corrected chi connectivity index (χ0v) is 14.5. The van der Waals surface area contributed by atoms with Gasteiger partial charge >= 0.3 is 0 Å². The molecule has 25 heavy (non-hydrogen) atoms. The molecule has 0 bridgehead atoms. The Morgan fingerprint density at radius 2 is 1.88 bits per heavy atom. The molecular weight excluding hydrogens is 336 g/mol. The second-order valence-corrected chi connectivity index (χ2v) is 6.39. The lowest BCUT2D eigenvalue weighted by molar-refractivity contribution is -0.116. The molecule has 3 rings (SSSR count). The summed E-state index contributed by atoms with van der Waals surface area (Å²) in [6.07, 6.45) is 2.00. The van der Waals surface area contributed by atoms with E-state index in [4.69, 9.17) is 5.73 Å². The maximum Gasteiger partial charge on any atom is 0.248 e. The Hall–Kier alpha value is -2.80. The minimum absolute atomic E-state index is 0.155. The molecule has 2 aromatic carbocycles. The molecule has 0 saturated heterocycles. The predicted octanol–water partition coefficient (Wildman–Crippen LogP) is 2.64. The lowest BCUT2D eigenvalue weighted by Crippen LogP contribution is -2.20. The molecule has 0 spiro atoms. The lowest BCUT2D eigenvalue weighted by Gasteiger charge is -2.10. The molecule has 0 saturated carbocycles. The lowest BCUT2D eigenvalue weighted by atomic mass is 10.2. The van der Waals surface area contributed by atoms with Crippen LogP contribution in [0.2, 0.25) is 0 Å². The summed E-state index contributed by atoms with van der Waals surface area (Å²) in [5.74, 6) is 0.949. The van der Waals surface area contributed by atoms with Crippen molar-refractivity contribution in [2.24, 2.45) is 5.73 Å². The number of thioether (sulfide) groups is 1. The summed E-state index contributed by atoms with van der Waals surface area (Å²) in [4.78, 5) is 28.1. The van der Waals surface area contributed by atoms with Crippen LogP contribution in [0.1, 0.15) is 16.2 Å². The minimum Gasteiger partial charge on any atom is -0.366 e. The number of primary amides is 1. The van der Waals surface area contributed by atoms with Gasteiger partial charge in [0.25, 0.3) is 0 Å². The highest BCUT2D eigenvalue weighted by atomic mass is 32.2. The van der Waals surface area contributed by atoms with Gasteiger partial charge in [-0.2, -0.15) is 11.8 Å². The molecule has 6 nitrogen and oxygen atoms in total. The number of aromatic nitrogens is 2. The van der Waals surface area contributed by atoms with E-state index in [1.807, 2.05) is 35.1 Å². The van der Waals surface area contributed by atoms with E-state index < -0.39 is 5.91 Å². The van der Waals surface area contributed by atoms with E-state index in [0.29, 0.717) is 11.3 Å². The number of rotatable bonds is 6. The summed E-state index contributed by atoms with van der Waals surface area (Å²) in [6, 6.07) is 14.3. The molecule has 1 heterocycles. The number of anilines is 1. The van der Waals surface area contributed by atoms with Gasteiger partial charge in [-0.15, -0.1) is 0 Å². The number of fused-ring (bicyclic) bond motifs is 1. The molecule has 2 amide bonds. The maximum atomic E-state index is 12.4. The van der Waals surface area contributed by atoms with E-state index in [1.165, 1.54) is 0 Å². The fraction of sp³-hybridized carbons (Fsp3) is 0.167. The van der Waals surface area contributed by atoms with Crippen molar-refractivity contribution in [3.05, 3.63) is 59.9 Å². The van der Waals surface area contributed by atoms with E-state index in [9.17, 15) is 9.59 Å². The Morgan fingerprint density at radius 1 is 1.16 bits per heavy atom. The van der Waals surface area contributed by atoms with Crippen molar-refractivity contribution in [3.8, 4) is 0 Å². The first-order chi connectivity index (χ1) is 12.1. The molecular formula is C18H18N4O2S. The summed E-state index contributed by atoms with van der Waals surface area (Å²) in [7, 11) is 0. The molecule has 1 aromatic heterocycles. The Bertz CT molecular complexity index is 918. The van der Waals surface area contributed by atoms with Crippen LogP contribution < -0.4 is 11.1 Å². The van der Waals surface area contributed by atoms with Gasteiger partial charge in [0.2, 0.25) is 11.8 Å². The van der Waals surface area contributed by atoms with Crippen molar-refractivity contribution < 1.29 is 9.59 Å². The summed E-state index contributed by atoms with van der Waals surface area (Å²) in [5, 5.41) is 2.83. The summed E-state index contributed by atoms with van der Waals surface area (Å²) >= 11 is 1.66. The van der Waals surface area contributed by atoms with Crippen LogP contribution in [0.15, 0.2) is 48.5 Å². The highest BCUT2D eigenvalue weighted by Crippen LogP contribution is 2.19. The highest BCUT2D eigenvalue weighted by Gasteiger charge is 2.13. The molecule has 0 aliphatic rings. The van der Waals surface area contributed by atoms with Gasteiger partial charge in [0.05, 0.1) is 16.8 Å². The van der Waals surface area contributed by atoms with Gasteiger partial charge in [0, 0.05) is 11.3 Å². The van der Waals surface area contributed by atoms with E-state index in [-0.39, 0.29) is 12.5 Å². The fourth-order valence-electron chi connectivity index (χ4n) is 2.60. The number of para-hydroxylation sites is 2. The fourth-order valence-corrected chi connectivity index (χ4v) is 3.08. The molecule has 3 aromatic rings. The van der Waals surface area contributed by atoms with E-state index >= 15 is 0 Å². The molecule has 7 heteroatoms. The van der Waals surface area contributed by atoms with Crippen molar-refractivity contribution in [1.29, 1.82) is 0 Å². The Balaban J connectivity index is 1.79. The Kier molecular flexibility index (Phi) is 5.04. The predicted molar refractivity (Wildman–Crippen MR) is 101 cm³/mol. The first-order valence-electron chi connectivity index (χ1n) is 7.71. The molecule has 0 aliphatic heterocycles. The zero-order chi connectivity index (χ0) is 17.8. The van der Waals surface area contributed by atoms with E-state index in [2.05, 4.69) is 10.3 Å². The van der Waals surface area contributed by atoms with Gasteiger partial charge in [0.15, 0.2) is 0 Å². The molecule has 3 N–H and O–H groups in total. The van der Waals surface area contributed by atoms with Crippen molar-refractivity contribution in [3.63, 3.8) is 0 Å². The number of nitrogens with zero attached hydrogens (tertiary/aromatic N) is 2. The first-order valence-corrected chi connectivity index (χ1v) is 9.10. The topological polar surface area (TPSA) is 90.0 Å². The largest absolute Gasteiger partial charge is 0.366 e. The average Bonchev–Trinajstić information content (AvgIpc) is 2.93. The van der Waals surface area contributed by atoms with Crippen LogP contribution >= 0.6 is 11.8 Å². The second-order valence-electron chi connectivity index (χ2n) is 5.53. The summed E-state index contributed by atoms with van der Waals surface area (Å²) < 4.78 is 1.93.